The van der Waals surface area contributed by atoms with Crippen LogP contribution in [-0.4, -0.2) is 10.9 Å². The molecule has 0 bridgehead atoms. The second-order valence-corrected chi connectivity index (χ2v) is 3.88. The molecule has 2 rings (SSSR count). The van der Waals surface area contributed by atoms with Gasteiger partial charge in [0.2, 0.25) is 5.91 Å². The van der Waals surface area contributed by atoms with Gasteiger partial charge in [-0.25, -0.2) is 0 Å². The molecule has 0 spiro atoms. The van der Waals surface area contributed by atoms with E-state index in [-0.39, 0.29) is 5.91 Å². The fraction of sp³-hybridized carbons (Fsp3) is 0.0833. The average Bonchev–Trinajstić information content (AvgIpc) is 2.67. The van der Waals surface area contributed by atoms with E-state index in [9.17, 15) is 4.79 Å². The minimum Gasteiger partial charge on any atom is -0.357 e. The van der Waals surface area contributed by atoms with Gasteiger partial charge in [-0.1, -0.05) is 24.2 Å². The molecule has 1 amide bonds. The van der Waals surface area contributed by atoms with Crippen molar-refractivity contribution in [2.24, 2.45) is 0 Å². The SMILES string of the molecule is C=CC(=O)NCc1cc2ccc(Cl)cc2[nH]1. The molecule has 0 saturated heterocycles. The van der Waals surface area contributed by atoms with Gasteiger partial charge in [-0.05, 0) is 29.7 Å². The number of amides is 1. The predicted octanol–water partition coefficient (Wildman–Crippen LogP) is 2.62. The van der Waals surface area contributed by atoms with Crippen molar-refractivity contribution in [1.82, 2.24) is 10.3 Å². The van der Waals surface area contributed by atoms with Crippen LogP contribution in [0.15, 0.2) is 36.9 Å². The highest BCUT2D eigenvalue weighted by Crippen LogP contribution is 2.19. The van der Waals surface area contributed by atoms with Crippen LogP contribution in [0.3, 0.4) is 0 Å². The molecule has 0 aliphatic carbocycles. The van der Waals surface area contributed by atoms with Gasteiger partial charge in [0.1, 0.15) is 0 Å². The number of benzene rings is 1. The van der Waals surface area contributed by atoms with E-state index in [4.69, 9.17) is 11.6 Å². The smallest absolute Gasteiger partial charge is 0.243 e. The van der Waals surface area contributed by atoms with Gasteiger partial charge >= 0.3 is 0 Å². The number of H-pyrrole nitrogens is 1. The number of carbonyl (C=O) groups excluding carboxylic acids is 1. The summed E-state index contributed by atoms with van der Waals surface area (Å²) in [4.78, 5) is 14.2. The highest BCUT2D eigenvalue weighted by Gasteiger charge is 2.02. The number of aromatic nitrogens is 1. The van der Waals surface area contributed by atoms with Gasteiger partial charge in [-0.15, -0.1) is 0 Å². The van der Waals surface area contributed by atoms with Crippen LogP contribution in [0.25, 0.3) is 10.9 Å². The van der Waals surface area contributed by atoms with Crippen LogP contribution >= 0.6 is 11.6 Å². The first-order valence-electron chi connectivity index (χ1n) is 4.86. The lowest BCUT2D eigenvalue weighted by Gasteiger charge is -1.98. The zero-order valence-corrected chi connectivity index (χ0v) is 9.34. The third-order valence-corrected chi connectivity index (χ3v) is 2.51. The van der Waals surface area contributed by atoms with Gasteiger partial charge in [0.15, 0.2) is 0 Å². The summed E-state index contributed by atoms with van der Waals surface area (Å²) in [5, 5.41) is 4.47. The molecule has 0 saturated carbocycles. The fourth-order valence-electron chi connectivity index (χ4n) is 1.51. The van der Waals surface area contributed by atoms with E-state index in [1.165, 1.54) is 6.08 Å². The summed E-state index contributed by atoms with van der Waals surface area (Å²) in [6, 6.07) is 7.61. The number of carbonyl (C=O) groups is 1. The first-order chi connectivity index (χ1) is 7.69. The Morgan fingerprint density at radius 1 is 1.50 bits per heavy atom. The summed E-state index contributed by atoms with van der Waals surface area (Å²) in [5.41, 5.74) is 1.91. The van der Waals surface area contributed by atoms with Gasteiger partial charge in [0.05, 0.1) is 6.54 Å². The van der Waals surface area contributed by atoms with Crippen LogP contribution in [0.4, 0.5) is 0 Å². The Morgan fingerprint density at radius 3 is 3.06 bits per heavy atom. The third kappa shape index (κ3) is 2.25. The fourth-order valence-corrected chi connectivity index (χ4v) is 1.68. The lowest BCUT2D eigenvalue weighted by molar-refractivity contribution is -0.116. The summed E-state index contributed by atoms with van der Waals surface area (Å²) in [5.74, 6) is -0.184. The van der Waals surface area contributed by atoms with Crippen molar-refractivity contribution in [3.05, 3.63) is 47.6 Å². The Bertz CT molecular complexity index is 545. The lowest BCUT2D eigenvalue weighted by atomic mass is 10.2. The van der Waals surface area contributed by atoms with Crippen molar-refractivity contribution in [2.45, 2.75) is 6.54 Å². The molecule has 16 heavy (non-hydrogen) atoms. The number of rotatable bonds is 3. The molecular formula is C12H11ClN2O. The van der Waals surface area contributed by atoms with E-state index >= 15 is 0 Å². The molecule has 0 unspecified atom stereocenters. The Morgan fingerprint density at radius 2 is 2.31 bits per heavy atom. The average molecular weight is 235 g/mol. The summed E-state index contributed by atoms with van der Waals surface area (Å²) < 4.78 is 0. The molecule has 0 radical (unpaired) electrons. The highest BCUT2D eigenvalue weighted by atomic mass is 35.5. The second-order valence-electron chi connectivity index (χ2n) is 3.45. The molecule has 1 aromatic carbocycles. The topological polar surface area (TPSA) is 44.9 Å². The van der Waals surface area contributed by atoms with Gasteiger partial charge in [-0.3, -0.25) is 4.79 Å². The van der Waals surface area contributed by atoms with Crippen molar-refractivity contribution in [1.29, 1.82) is 0 Å². The molecule has 0 atom stereocenters. The van der Waals surface area contributed by atoms with Gasteiger partial charge in [-0.2, -0.15) is 0 Å². The Hall–Kier alpha value is -1.74. The van der Waals surface area contributed by atoms with Gasteiger partial charge in [0.25, 0.3) is 0 Å². The number of halogens is 1. The number of hydrogen-bond acceptors (Lipinski definition) is 1. The van der Waals surface area contributed by atoms with Crippen LogP contribution in [0.1, 0.15) is 5.69 Å². The predicted molar refractivity (Wildman–Crippen MR) is 65.4 cm³/mol. The van der Waals surface area contributed by atoms with E-state index in [1.54, 1.807) is 0 Å². The first-order valence-corrected chi connectivity index (χ1v) is 5.24. The van der Waals surface area contributed by atoms with E-state index in [1.807, 2.05) is 24.3 Å². The summed E-state index contributed by atoms with van der Waals surface area (Å²) in [6.45, 7) is 3.84. The van der Waals surface area contributed by atoms with Crippen LogP contribution in [0.2, 0.25) is 5.02 Å². The quantitative estimate of drug-likeness (QED) is 0.788. The van der Waals surface area contributed by atoms with E-state index in [0.717, 1.165) is 16.6 Å². The Balaban J connectivity index is 2.19. The van der Waals surface area contributed by atoms with E-state index < -0.39 is 0 Å². The molecule has 1 aromatic heterocycles. The zero-order chi connectivity index (χ0) is 11.5. The van der Waals surface area contributed by atoms with Crippen LogP contribution in [0, 0.1) is 0 Å². The summed E-state index contributed by atoms with van der Waals surface area (Å²) in [6.07, 6.45) is 1.25. The highest BCUT2D eigenvalue weighted by molar-refractivity contribution is 6.31. The molecule has 0 fully saturated rings. The Labute approximate surface area is 98.1 Å². The van der Waals surface area contributed by atoms with E-state index in [2.05, 4.69) is 16.9 Å². The van der Waals surface area contributed by atoms with Crippen molar-refractivity contribution >= 4 is 28.4 Å². The van der Waals surface area contributed by atoms with Crippen molar-refractivity contribution < 1.29 is 4.79 Å². The molecule has 3 nitrogen and oxygen atoms in total. The van der Waals surface area contributed by atoms with Crippen LogP contribution in [0.5, 0.6) is 0 Å². The maximum absolute atomic E-state index is 11.0. The number of fused-ring (bicyclic) bond motifs is 1. The van der Waals surface area contributed by atoms with Crippen molar-refractivity contribution in [3.8, 4) is 0 Å². The maximum Gasteiger partial charge on any atom is 0.243 e. The molecule has 0 aliphatic heterocycles. The third-order valence-electron chi connectivity index (χ3n) is 2.28. The van der Waals surface area contributed by atoms with Crippen LogP contribution in [-0.2, 0) is 11.3 Å². The molecule has 0 aliphatic rings. The number of hydrogen-bond donors (Lipinski definition) is 2. The Kier molecular flexibility index (Phi) is 2.97. The van der Waals surface area contributed by atoms with Crippen molar-refractivity contribution in [2.75, 3.05) is 0 Å². The van der Waals surface area contributed by atoms with E-state index in [0.29, 0.717) is 11.6 Å². The largest absolute Gasteiger partial charge is 0.357 e. The summed E-state index contributed by atoms with van der Waals surface area (Å²) >= 11 is 5.87. The molecule has 82 valence electrons. The minimum atomic E-state index is -0.184. The monoisotopic (exact) mass is 234 g/mol. The molecule has 4 heteroatoms. The van der Waals surface area contributed by atoms with Gasteiger partial charge < -0.3 is 10.3 Å². The molecule has 2 aromatic rings. The molecule has 1 heterocycles. The number of aromatic amines is 1. The molecular weight excluding hydrogens is 224 g/mol. The first kappa shape index (κ1) is 10.8. The normalized spacial score (nSPS) is 10.3. The number of nitrogens with one attached hydrogen (secondary N) is 2. The standard InChI is InChI=1S/C12H11ClN2O/c1-2-12(16)14-7-10-5-8-3-4-9(13)6-11(8)15-10/h2-6,15H,1,7H2,(H,14,16). The maximum atomic E-state index is 11.0. The van der Waals surface area contributed by atoms with Gasteiger partial charge in [0, 0.05) is 16.2 Å². The second kappa shape index (κ2) is 4.41. The molecule has 2 N–H and O–H groups in total. The zero-order valence-electron chi connectivity index (χ0n) is 8.59. The van der Waals surface area contributed by atoms with Crippen molar-refractivity contribution in [3.63, 3.8) is 0 Å². The minimum absolute atomic E-state index is 0.184. The van der Waals surface area contributed by atoms with Crippen LogP contribution < -0.4 is 5.32 Å². The summed E-state index contributed by atoms with van der Waals surface area (Å²) in [7, 11) is 0. The lowest BCUT2D eigenvalue weighted by Crippen LogP contribution is -2.19.